The number of rotatable bonds is 4. The monoisotopic (exact) mass is 234 g/mol. The molecule has 0 saturated carbocycles. The maximum absolute atomic E-state index is 9.30. The van der Waals surface area contributed by atoms with Gasteiger partial charge in [-0.2, -0.15) is 0 Å². The van der Waals surface area contributed by atoms with Crippen molar-refractivity contribution in [3.05, 3.63) is 30.4 Å². The van der Waals surface area contributed by atoms with Gasteiger partial charge in [-0.3, -0.25) is 9.30 Å². The van der Waals surface area contributed by atoms with Crippen molar-refractivity contribution in [2.45, 2.75) is 25.9 Å². The van der Waals surface area contributed by atoms with Gasteiger partial charge < -0.3 is 5.11 Å². The lowest BCUT2D eigenvalue weighted by atomic mass is 10.1. The zero-order valence-corrected chi connectivity index (χ0v) is 10.5. The standard InChI is InChI=1S/C12H18N4O/c1-12(2,9-17)15(3)7-10-8-16-6-4-5-13-11(16)14-10/h4-6,8,17H,7,9H2,1-3H3. The highest BCUT2D eigenvalue weighted by molar-refractivity contribution is 5.29. The number of aromatic nitrogens is 3. The van der Waals surface area contributed by atoms with E-state index in [4.69, 9.17) is 0 Å². The molecule has 0 aliphatic rings. The summed E-state index contributed by atoms with van der Waals surface area (Å²) in [6, 6.07) is 1.87. The Morgan fingerprint density at radius 1 is 1.47 bits per heavy atom. The van der Waals surface area contributed by atoms with Gasteiger partial charge in [0.15, 0.2) is 0 Å². The first kappa shape index (κ1) is 12.0. The van der Waals surface area contributed by atoms with Crippen molar-refractivity contribution in [2.75, 3.05) is 13.7 Å². The van der Waals surface area contributed by atoms with Crippen LogP contribution in [0, 0.1) is 0 Å². The molecule has 2 rings (SSSR count). The summed E-state index contributed by atoms with van der Waals surface area (Å²) in [4.78, 5) is 10.7. The summed E-state index contributed by atoms with van der Waals surface area (Å²) in [7, 11) is 1.98. The predicted molar refractivity (Wildman–Crippen MR) is 65.6 cm³/mol. The molecule has 0 aromatic carbocycles. The quantitative estimate of drug-likeness (QED) is 0.855. The Bertz CT molecular complexity index is 473. The Balaban J connectivity index is 2.18. The van der Waals surface area contributed by atoms with Crippen LogP contribution in [0.25, 0.3) is 5.78 Å². The molecule has 5 nitrogen and oxygen atoms in total. The van der Waals surface area contributed by atoms with Crippen molar-refractivity contribution in [2.24, 2.45) is 0 Å². The number of aliphatic hydroxyl groups excluding tert-OH is 1. The highest BCUT2D eigenvalue weighted by atomic mass is 16.3. The van der Waals surface area contributed by atoms with Crippen molar-refractivity contribution < 1.29 is 5.11 Å². The minimum absolute atomic E-state index is 0.120. The second-order valence-corrected chi connectivity index (χ2v) is 4.89. The predicted octanol–water partition coefficient (Wildman–Crippen LogP) is 0.932. The van der Waals surface area contributed by atoms with Crippen molar-refractivity contribution in [3.63, 3.8) is 0 Å². The normalized spacial score (nSPS) is 12.5. The second-order valence-electron chi connectivity index (χ2n) is 4.89. The van der Waals surface area contributed by atoms with Gasteiger partial charge in [-0.1, -0.05) is 0 Å². The zero-order chi connectivity index (χ0) is 12.5. The summed E-state index contributed by atoms with van der Waals surface area (Å²) < 4.78 is 1.90. The van der Waals surface area contributed by atoms with Gasteiger partial charge in [-0.15, -0.1) is 0 Å². The molecule has 17 heavy (non-hydrogen) atoms. The molecule has 0 aliphatic heterocycles. The van der Waals surface area contributed by atoms with Crippen molar-refractivity contribution in [3.8, 4) is 0 Å². The summed E-state index contributed by atoms with van der Waals surface area (Å²) in [5, 5.41) is 9.30. The molecule has 0 spiro atoms. The number of likely N-dealkylation sites (N-methyl/N-ethyl adjacent to an activating group) is 1. The summed E-state index contributed by atoms with van der Waals surface area (Å²) >= 11 is 0. The number of hydrogen-bond donors (Lipinski definition) is 1. The first-order chi connectivity index (χ1) is 8.03. The molecule has 0 bridgehead atoms. The van der Waals surface area contributed by atoms with Crippen molar-refractivity contribution in [1.29, 1.82) is 0 Å². The topological polar surface area (TPSA) is 53.7 Å². The average Bonchev–Trinajstić information content (AvgIpc) is 2.70. The molecule has 0 radical (unpaired) electrons. The van der Waals surface area contributed by atoms with Gasteiger partial charge >= 0.3 is 0 Å². The third-order valence-electron chi connectivity index (χ3n) is 3.10. The van der Waals surface area contributed by atoms with E-state index in [1.807, 2.05) is 43.8 Å². The molecule has 92 valence electrons. The molecule has 2 heterocycles. The largest absolute Gasteiger partial charge is 0.394 e. The molecule has 0 atom stereocenters. The van der Waals surface area contributed by atoms with Crippen LogP contribution in [0.5, 0.6) is 0 Å². The van der Waals surface area contributed by atoms with Crippen LogP contribution in [0.1, 0.15) is 19.5 Å². The smallest absolute Gasteiger partial charge is 0.233 e. The fraction of sp³-hybridized carbons (Fsp3) is 0.500. The Morgan fingerprint density at radius 2 is 2.24 bits per heavy atom. The molecule has 2 aromatic rings. The molecular weight excluding hydrogens is 216 g/mol. The molecular formula is C12H18N4O. The van der Waals surface area contributed by atoms with Crippen LogP contribution in [-0.2, 0) is 6.54 Å². The number of fused-ring (bicyclic) bond motifs is 1. The van der Waals surface area contributed by atoms with E-state index in [2.05, 4.69) is 14.9 Å². The molecule has 5 heteroatoms. The van der Waals surface area contributed by atoms with Gasteiger partial charge in [0.1, 0.15) is 0 Å². The van der Waals surface area contributed by atoms with Crippen molar-refractivity contribution >= 4 is 5.78 Å². The molecule has 0 fully saturated rings. The fourth-order valence-corrected chi connectivity index (χ4v) is 1.53. The van der Waals surface area contributed by atoms with Gasteiger partial charge in [0.05, 0.1) is 12.3 Å². The van der Waals surface area contributed by atoms with Gasteiger partial charge in [-0.05, 0) is 27.0 Å². The molecule has 0 amide bonds. The fourth-order valence-electron chi connectivity index (χ4n) is 1.53. The van der Waals surface area contributed by atoms with Crippen LogP contribution in [-0.4, -0.2) is 43.6 Å². The van der Waals surface area contributed by atoms with Crippen LogP contribution in [0.4, 0.5) is 0 Å². The third kappa shape index (κ3) is 2.45. The van der Waals surface area contributed by atoms with Gasteiger partial charge in [0.2, 0.25) is 5.78 Å². The number of imidazole rings is 1. The molecule has 0 unspecified atom stereocenters. The van der Waals surface area contributed by atoms with E-state index in [1.54, 1.807) is 6.20 Å². The second kappa shape index (κ2) is 4.43. The van der Waals surface area contributed by atoms with E-state index in [0.29, 0.717) is 12.3 Å². The number of aliphatic hydroxyl groups is 1. The van der Waals surface area contributed by atoms with E-state index in [9.17, 15) is 5.11 Å². The summed E-state index contributed by atoms with van der Waals surface area (Å²) in [5.74, 6) is 0.706. The SMILES string of the molecule is CN(Cc1cn2cccnc2n1)C(C)(C)CO. The Morgan fingerprint density at radius 3 is 2.88 bits per heavy atom. The number of hydrogen-bond acceptors (Lipinski definition) is 4. The summed E-state index contributed by atoms with van der Waals surface area (Å²) in [5.41, 5.74) is 0.705. The lowest BCUT2D eigenvalue weighted by Gasteiger charge is -2.33. The van der Waals surface area contributed by atoms with Crippen LogP contribution < -0.4 is 0 Å². The maximum Gasteiger partial charge on any atom is 0.233 e. The first-order valence-electron chi connectivity index (χ1n) is 5.63. The van der Waals surface area contributed by atoms with Gasteiger partial charge in [-0.25, -0.2) is 9.97 Å². The zero-order valence-electron chi connectivity index (χ0n) is 10.5. The summed E-state index contributed by atoms with van der Waals surface area (Å²) in [6.45, 7) is 4.81. The highest BCUT2D eigenvalue weighted by Crippen LogP contribution is 2.14. The Hall–Kier alpha value is -1.46. The van der Waals surface area contributed by atoms with Crippen LogP contribution in [0.2, 0.25) is 0 Å². The highest BCUT2D eigenvalue weighted by Gasteiger charge is 2.23. The van der Waals surface area contributed by atoms with Crippen molar-refractivity contribution in [1.82, 2.24) is 19.3 Å². The first-order valence-corrected chi connectivity index (χ1v) is 5.63. The lowest BCUT2D eigenvalue weighted by molar-refractivity contribution is 0.0726. The average molecular weight is 234 g/mol. The summed E-state index contributed by atoms with van der Waals surface area (Å²) in [6.07, 6.45) is 5.62. The molecule has 0 saturated heterocycles. The third-order valence-corrected chi connectivity index (χ3v) is 3.10. The molecule has 0 aliphatic carbocycles. The molecule has 1 N–H and O–H groups in total. The van der Waals surface area contributed by atoms with E-state index >= 15 is 0 Å². The number of nitrogens with zero attached hydrogens (tertiary/aromatic N) is 4. The van der Waals surface area contributed by atoms with Crippen LogP contribution in [0.3, 0.4) is 0 Å². The van der Waals surface area contributed by atoms with E-state index in [1.165, 1.54) is 0 Å². The Kier molecular flexibility index (Phi) is 3.13. The van der Waals surface area contributed by atoms with Crippen LogP contribution in [0.15, 0.2) is 24.7 Å². The minimum Gasteiger partial charge on any atom is -0.394 e. The van der Waals surface area contributed by atoms with Gasteiger partial charge in [0, 0.05) is 30.7 Å². The molecule has 2 aromatic heterocycles. The minimum atomic E-state index is -0.247. The van der Waals surface area contributed by atoms with E-state index < -0.39 is 0 Å². The lowest BCUT2D eigenvalue weighted by Crippen LogP contribution is -2.43. The van der Waals surface area contributed by atoms with Crippen LogP contribution >= 0.6 is 0 Å². The Labute approximate surface area is 101 Å². The van der Waals surface area contributed by atoms with E-state index in [0.717, 1.165) is 5.69 Å². The van der Waals surface area contributed by atoms with E-state index in [-0.39, 0.29) is 12.1 Å². The van der Waals surface area contributed by atoms with Gasteiger partial charge in [0.25, 0.3) is 0 Å². The maximum atomic E-state index is 9.30.